The molecule has 0 aliphatic heterocycles. The standard InChI is InChI=1S/C81H57N5/c1-80(2,3)50-41-59(49-34-36-70-61(39-49)57-30-18-20-32-68(57)84(70)53-25-11-8-12-26-53)75-63(42-50)62-40-47-22-14-16-28-55(47)73-65-45-71-74(82-79(65)86(75)78(62)73)66-44-51(81(4,5)6)43-64-72-54-27-15-13-21-46(54)37-58(77(72)85(71)76(64)66)48-33-35-69-60(38-48)56-29-17-19-31-67(56)83(69)52-23-9-7-10-24-52/h7-45H,1-6H3. The molecule has 0 aliphatic carbocycles. The van der Waals surface area contributed by atoms with Crippen LogP contribution in [0.1, 0.15) is 52.7 Å². The number of para-hydroxylation sites is 4. The Morgan fingerprint density at radius 3 is 1.35 bits per heavy atom. The summed E-state index contributed by atoms with van der Waals surface area (Å²) in [4.78, 5) is 6.19. The molecule has 19 aromatic rings. The molecule has 0 bridgehead atoms. The van der Waals surface area contributed by atoms with Gasteiger partial charge in [0.05, 0.1) is 55.2 Å². The van der Waals surface area contributed by atoms with Gasteiger partial charge < -0.3 is 13.5 Å². The summed E-state index contributed by atoms with van der Waals surface area (Å²) in [5.74, 6) is 0. The topological polar surface area (TPSA) is 31.6 Å². The van der Waals surface area contributed by atoms with Crippen LogP contribution in [-0.4, -0.2) is 22.9 Å². The monoisotopic (exact) mass is 1100 g/mol. The minimum atomic E-state index is -0.143. The van der Waals surface area contributed by atoms with Gasteiger partial charge >= 0.3 is 0 Å². The Hall–Kier alpha value is -10.5. The third-order valence-corrected chi connectivity index (χ3v) is 19.4. The average Bonchev–Trinajstić information content (AvgIpc) is 1.58. The van der Waals surface area contributed by atoms with Crippen LogP contribution in [0.4, 0.5) is 0 Å². The molecular weight excluding hydrogens is 1040 g/mol. The van der Waals surface area contributed by atoms with E-state index in [1.54, 1.807) is 0 Å². The molecule has 0 unspecified atom stereocenters. The van der Waals surface area contributed by atoms with Crippen LogP contribution in [0.3, 0.4) is 0 Å². The van der Waals surface area contributed by atoms with Gasteiger partial charge in [0.1, 0.15) is 5.65 Å². The fourth-order valence-corrected chi connectivity index (χ4v) is 15.4. The molecule has 0 saturated carbocycles. The van der Waals surface area contributed by atoms with Gasteiger partial charge in [-0.25, -0.2) is 4.98 Å². The highest BCUT2D eigenvalue weighted by Gasteiger charge is 2.31. The zero-order chi connectivity index (χ0) is 57.2. The Morgan fingerprint density at radius 2 is 0.756 bits per heavy atom. The van der Waals surface area contributed by atoms with E-state index >= 15 is 0 Å². The zero-order valence-electron chi connectivity index (χ0n) is 48.8. The van der Waals surface area contributed by atoms with Crippen molar-refractivity contribution in [3.63, 3.8) is 0 Å². The predicted octanol–water partition coefficient (Wildman–Crippen LogP) is 21.8. The normalized spacial score (nSPS) is 13.0. The molecular formula is C81H57N5. The minimum Gasteiger partial charge on any atom is -0.309 e. The molecule has 0 atom stereocenters. The van der Waals surface area contributed by atoms with Crippen LogP contribution in [0.5, 0.6) is 0 Å². The van der Waals surface area contributed by atoms with Crippen molar-refractivity contribution in [3.8, 4) is 33.6 Å². The Morgan fingerprint density at radius 1 is 0.291 bits per heavy atom. The van der Waals surface area contributed by atoms with Crippen molar-refractivity contribution in [1.82, 2.24) is 22.9 Å². The quantitative estimate of drug-likeness (QED) is 0.173. The minimum absolute atomic E-state index is 0.123. The van der Waals surface area contributed by atoms with Gasteiger partial charge in [-0.15, -0.1) is 0 Å². The van der Waals surface area contributed by atoms with Crippen molar-refractivity contribution in [2.24, 2.45) is 0 Å². The van der Waals surface area contributed by atoms with Gasteiger partial charge in [0.25, 0.3) is 0 Å². The van der Waals surface area contributed by atoms with Crippen molar-refractivity contribution in [1.29, 1.82) is 0 Å². The van der Waals surface area contributed by atoms with Gasteiger partial charge in [0.15, 0.2) is 0 Å². The third kappa shape index (κ3) is 6.31. The fourth-order valence-electron chi connectivity index (χ4n) is 15.4. The Kier molecular flexibility index (Phi) is 9.28. The number of hydrogen-bond donors (Lipinski definition) is 0. The van der Waals surface area contributed by atoms with E-state index in [0.29, 0.717) is 0 Å². The molecule has 406 valence electrons. The van der Waals surface area contributed by atoms with Gasteiger partial charge in [0.2, 0.25) is 0 Å². The van der Waals surface area contributed by atoms with Crippen molar-refractivity contribution in [2.75, 3.05) is 0 Å². The first-order valence-electron chi connectivity index (χ1n) is 30.3. The fraction of sp³-hybridized carbons (Fsp3) is 0.0988. The lowest BCUT2D eigenvalue weighted by molar-refractivity contribution is 0.591. The number of fused-ring (bicyclic) bond motifs is 22. The Labute approximate surface area is 495 Å². The summed E-state index contributed by atoms with van der Waals surface area (Å²) < 4.78 is 10.0. The number of pyridine rings is 1. The zero-order valence-corrected chi connectivity index (χ0v) is 48.8. The first-order valence-corrected chi connectivity index (χ1v) is 30.3. The van der Waals surface area contributed by atoms with Gasteiger partial charge in [-0.1, -0.05) is 175 Å². The lowest BCUT2D eigenvalue weighted by atomic mass is 9.84. The van der Waals surface area contributed by atoms with E-state index in [1.807, 2.05) is 0 Å². The van der Waals surface area contributed by atoms with Crippen molar-refractivity contribution in [2.45, 2.75) is 52.4 Å². The van der Waals surface area contributed by atoms with Gasteiger partial charge in [-0.2, -0.15) is 0 Å². The lowest BCUT2D eigenvalue weighted by Crippen LogP contribution is -2.11. The first-order chi connectivity index (χ1) is 41.9. The van der Waals surface area contributed by atoms with Crippen LogP contribution in [0.2, 0.25) is 0 Å². The predicted molar refractivity (Wildman–Crippen MR) is 366 cm³/mol. The smallest absolute Gasteiger partial charge is 0.146 e. The van der Waals surface area contributed by atoms with Crippen LogP contribution >= 0.6 is 0 Å². The van der Waals surface area contributed by atoms with E-state index in [-0.39, 0.29) is 10.8 Å². The molecule has 0 saturated heterocycles. The van der Waals surface area contributed by atoms with Crippen LogP contribution < -0.4 is 0 Å². The van der Waals surface area contributed by atoms with Crippen LogP contribution in [0, 0.1) is 0 Å². The van der Waals surface area contributed by atoms with Crippen molar-refractivity contribution >= 4 is 142 Å². The number of nitrogens with zero attached hydrogens (tertiary/aromatic N) is 5. The maximum atomic E-state index is 6.19. The highest BCUT2D eigenvalue weighted by molar-refractivity contribution is 6.35. The number of aromatic nitrogens is 5. The van der Waals surface area contributed by atoms with E-state index in [1.165, 1.54) is 153 Å². The molecule has 86 heavy (non-hydrogen) atoms. The van der Waals surface area contributed by atoms with Crippen molar-refractivity contribution < 1.29 is 0 Å². The summed E-state index contributed by atoms with van der Waals surface area (Å²) in [7, 11) is 0. The Bertz CT molecular complexity index is 6130. The number of hydrogen-bond acceptors (Lipinski definition) is 1. The third-order valence-electron chi connectivity index (χ3n) is 19.4. The average molecular weight is 1100 g/mol. The SMILES string of the molecule is CC(C)(C)c1cc(-c2ccc3c(c2)c2ccccc2n3-c2ccccc2)c2c(c1)c1cc3ccccc3c3c4cc5c(nc4n2c13)c1cc(C(C)(C)C)cc2c3c4ccccc4cc(-c4ccc6c(c4)c4ccccc4n6-c4ccccc4)c3n5c12. The highest BCUT2D eigenvalue weighted by Crippen LogP contribution is 2.52. The summed E-state index contributed by atoms with van der Waals surface area (Å²) in [6, 6.07) is 89.1. The number of rotatable bonds is 4. The Balaban J connectivity index is 0.966. The van der Waals surface area contributed by atoms with Gasteiger partial charge in [-0.05, 0) is 158 Å². The molecule has 0 N–H and O–H groups in total. The van der Waals surface area contributed by atoms with E-state index < -0.39 is 0 Å². The summed E-state index contributed by atoms with van der Waals surface area (Å²) in [6.07, 6.45) is 0. The summed E-state index contributed by atoms with van der Waals surface area (Å²) in [5, 5.41) is 18.5. The van der Waals surface area contributed by atoms with E-state index in [0.717, 1.165) is 33.4 Å². The summed E-state index contributed by atoms with van der Waals surface area (Å²) >= 11 is 0. The molecule has 0 aliphatic rings. The van der Waals surface area contributed by atoms with E-state index in [4.69, 9.17) is 4.98 Å². The molecule has 5 heteroatoms. The van der Waals surface area contributed by atoms with E-state index in [9.17, 15) is 0 Å². The van der Waals surface area contributed by atoms with Gasteiger partial charge in [-0.3, -0.25) is 4.40 Å². The second-order valence-electron chi connectivity index (χ2n) is 26.3. The number of benzene rings is 12. The molecule has 0 spiro atoms. The molecule has 0 fully saturated rings. The van der Waals surface area contributed by atoms with Crippen molar-refractivity contribution in [3.05, 3.63) is 248 Å². The molecule has 7 aromatic heterocycles. The largest absolute Gasteiger partial charge is 0.309 e. The highest BCUT2D eigenvalue weighted by atomic mass is 15.0. The lowest BCUT2D eigenvalue weighted by Gasteiger charge is -2.21. The second kappa shape index (κ2) is 16.6. The van der Waals surface area contributed by atoms with Crippen LogP contribution in [-0.2, 0) is 10.8 Å². The molecule has 0 radical (unpaired) electrons. The second-order valence-corrected chi connectivity index (χ2v) is 26.3. The maximum Gasteiger partial charge on any atom is 0.146 e. The summed E-state index contributed by atoms with van der Waals surface area (Å²) in [6.45, 7) is 14.1. The summed E-state index contributed by atoms with van der Waals surface area (Å²) in [5.41, 5.74) is 22.2. The molecule has 5 nitrogen and oxygen atoms in total. The van der Waals surface area contributed by atoms with Crippen LogP contribution in [0.15, 0.2) is 237 Å². The molecule has 19 rings (SSSR count). The van der Waals surface area contributed by atoms with E-state index in [2.05, 4.69) is 296 Å². The van der Waals surface area contributed by atoms with Crippen LogP contribution in [0.25, 0.3) is 175 Å². The molecule has 7 heterocycles. The molecule has 12 aromatic carbocycles. The first kappa shape index (κ1) is 47.9. The van der Waals surface area contributed by atoms with Gasteiger partial charge in [0, 0.05) is 81.8 Å². The molecule has 0 amide bonds. The maximum absolute atomic E-state index is 6.19.